The second kappa shape index (κ2) is 6.26. The molecule has 2 N–H and O–H groups in total. The fourth-order valence-corrected chi connectivity index (χ4v) is 2.80. The van der Waals surface area contributed by atoms with E-state index in [0.29, 0.717) is 17.1 Å². The molecule has 1 aliphatic carbocycles. The van der Waals surface area contributed by atoms with Crippen molar-refractivity contribution >= 4 is 17.5 Å². The quantitative estimate of drug-likeness (QED) is 0.892. The predicted molar refractivity (Wildman–Crippen MR) is 73.5 cm³/mol. The van der Waals surface area contributed by atoms with Gasteiger partial charge in [0.05, 0.1) is 17.2 Å². The lowest BCUT2D eigenvalue weighted by atomic mass is 10.1. The number of hydrogen-bond donors (Lipinski definition) is 2. The van der Waals surface area contributed by atoms with E-state index >= 15 is 0 Å². The third-order valence-corrected chi connectivity index (χ3v) is 3.88. The highest BCUT2D eigenvalue weighted by molar-refractivity contribution is 6.33. The molecule has 0 bridgehead atoms. The SMILES string of the molecule is O=C(c1cc(O)ccc1Cl)N(CCO)C1CCCC1. The Hall–Kier alpha value is -1.26. The van der Waals surface area contributed by atoms with Crippen molar-refractivity contribution in [2.24, 2.45) is 0 Å². The number of phenolic OH excluding ortho intramolecular Hbond substituents is 1. The van der Waals surface area contributed by atoms with E-state index in [0.717, 1.165) is 25.7 Å². The zero-order valence-electron chi connectivity index (χ0n) is 10.7. The Labute approximate surface area is 117 Å². The number of aromatic hydroxyl groups is 1. The third-order valence-electron chi connectivity index (χ3n) is 3.55. The zero-order chi connectivity index (χ0) is 13.8. The number of carbonyl (C=O) groups excluding carboxylic acids is 1. The Morgan fingerprint density at radius 2 is 2.05 bits per heavy atom. The molecule has 1 aromatic carbocycles. The number of benzene rings is 1. The zero-order valence-corrected chi connectivity index (χ0v) is 11.4. The maximum atomic E-state index is 12.5. The second-order valence-electron chi connectivity index (χ2n) is 4.82. The topological polar surface area (TPSA) is 60.8 Å². The molecule has 1 amide bonds. The molecule has 0 unspecified atom stereocenters. The number of aliphatic hydroxyl groups is 1. The van der Waals surface area contributed by atoms with E-state index in [-0.39, 0.29) is 24.3 Å². The molecule has 2 rings (SSSR count). The molecule has 104 valence electrons. The number of carbonyl (C=O) groups is 1. The molecule has 0 heterocycles. The van der Waals surface area contributed by atoms with Crippen LogP contribution in [-0.2, 0) is 0 Å². The molecule has 0 aliphatic heterocycles. The standard InChI is InChI=1S/C14H18ClNO3/c15-13-6-5-11(18)9-12(13)14(19)16(7-8-17)10-3-1-2-4-10/h5-6,9-10,17-18H,1-4,7-8H2. The van der Waals surface area contributed by atoms with E-state index in [1.165, 1.54) is 18.2 Å². The van der Waals surface area contributed by atoms with E-state index in [4.69, 9.17) is 16.7 Å². The van der Waals surface area contributed by atoms with Crippen LogP contribution in [0.4, 0.5) is 0 Å². The van der Waals surface area contributed by atoms with Crippen LogP contribution in [-0.4, -0.2) is 40.2 Å². The van der Waals surface area contributed by atoms with Gasteiger partial charge in [-0.1, -0.05) is 24.4 Å². The van der Waals surface area contributed by atoms with Gasteiger partial charge in [-0.25, -0.2) is 0 Å². The number of aliphatic hydroxyl groups excluding tert-OH is 1. The first-order chi connectivity index (χ1) is 9.13. The highest BCUT2D eigenvalue weighted by Crippen LogP contribution is 2.28. The summed E-state index contributed by atoms with van der Waals surface area (Å²) >= 11 is 6.02. The minimum atomic E-state index is -0.221. The van der Waals surface area contributed by atoms with Crippen molar-refractivity contribution in [1.29, 1.82) is 0 Å². The fraction of sp³-hybridized carbons (Fsp3) is 0.500. The maximum Gasteiger partial charge on any atom is 0.255 e. The number of rotatable bonds is 4. The molecule has 5 heteroatoms. The summed E-state index contributed by atoms with van der Waals surface area (Å²) in [5.74, 6) is -0.204. The summed E-state index contributed by atoms with van der Waals surface area (Å²) in [5, 5.41) is 18.9. The van der Waals surface area contributed by atoms with Crippen LogP contribution in [0.15, 0.2) is 18.2 Å². The maximum absolute atomic E-state index is 12.5. The van der Waals surface area contributed by atoms with E-state index in [1.807, 2.05) is 0 Å². The van der Waals surface area contributed by atoms with Crippen LogP contribution in [0.2, 0.25) is 5.02 Å². The molecule has 0 atom stereocenters. The number of phenols is 1. The summed E-state index contributed by atoms with van der Waals surface area (Å²) in [7, 11) is 0. The van der Waals surface area contributed by atoms with Gasteiger partial charge in [0.2, 0.25) is 0 Å². The minimum Gasteiger partial charge on any atom is -0.508 e. The largest absolute Gasteiger partial charge is 0.508 e. The number of hydrogen-bond acceptors (Lipinski definition) is 3. The summed E-state index contributed by atoms with van der Waals surface area (Å²) in [6.07, 6.45) is 4.13. The van der Waals surface area contributed by atoms with E-state index in [2.05, 4.69) is 0 Å². The number of halogens is 1. The van der Waals surface area contributed by atoms with Crippen molar-refractivity contribution in [2.75, 3.05) is 13.2 Å². The highest BCUT2D eigenvalue weighted by atomic mass is 35.5. The molecular formula is C14H18ClNO3. The van der Waals surface area contributed by atoms with Crippen molar-refractivity contribution in [1.82, 2.24) is 4.90 Å². The molecule has 1 aliphatic rings. The smallest absolute Gasteiger partial charge is 0.255 e. The van der Waals surface area contributed by atoms with Crippen molar-refractivity contribution < 1.29 is 15.0 Å². The van der Waals surface area contributed by atoms with E-state index < -0.39 is 0 Å². The van der Waals surface area contributed by atoms with Crippen LogP contribution in [0.25, 0.3) is 0 Å². The lowest BCUT2D eigenvalue weighted by Crippen LogP contribution is -2.40. The van der Waals surface area contributed by atoms with Gasteiger partial charge < -0.3 is 15.1 Å². The van der Waals surface area contributed by atoms with Gasteiger partial charge in [0.25, 0.3) is 5.91 Å². The van der Waals surface area contributed by atoms with Gasteiger partial charge >= 0.3 is 0 Å². The fourth-order valence-electron chi connectivity index (χ4n) is 2.61. The van der Waals surface area contributed by atoms with Gasteiger partial charge in [0.15, 0.2) is 0 Å². The molecule has 0 spiro atoms. The summed E-state index contributed by atoms with van der Waals surface area (Å²) < 4.78 is 0. The van der Waals surface area contributed by atoms with Crippen molar-refractivity contribution in [2.45, 2.75) is 31.7 Å². The van der Waals surface area contributed by atoms with E-state index in [1.54, 1.807) is 4.90 Å². The molecule has 1 aromatic rings. The Morgan fingerprint density at radius 3 is 2.68 bits per heavy atom. The van der Waals surface area contributed by atoms with Crippen LogP contribution < -0.4 is 0 Å². The number of amides is 1. The van der Waals surface area contributed by atoms with Crippen molar-refractivity contribution in [3.8, 4) is 5.75 Å². The van der Waals surface area contributed by atoms with Crippen molar-refractivity contribution in [3.63, 3.8) is 0 Å². The number of nitrogens with zero attached hydrogens (tertiary/aromatic N) is 1. The van der Waals surface area contributed by atoms with Gasteiger partial charge in [0, 0.05) is 12.6 Å². The molecular weight excluding hydrogens is 266 g/mol. The van der Waals surface area contributed by atoms with Gasteiger partial charge in [-0.3, -0.25) is 4.79 Å². The lowest BCUT2D eigenvalue weighted by Gasteiger charge is -2.28. The first kappa shape index (κ1) is 14.2. The first-order valence-corrected chi connectivity index (χ1v) is 6.91. The predicted octanol–water partition coefficient (Wildman–Crippen LogP) is 2.42. The summed E-state index contributed by atoms with van der Waals surface area (Å²) in [5.41, 5.74) is 0.294. The summed E-state index contributed by atoms with van der Waals surface area (Å²) in [6.45, 7) is 0.230. The van der Waals surface area contributed by atoms with Gasteiger partial charge in [-0.15, -0.1) is 0 Å². The molecule has 4 nitrogen and oxygen atoms in total. The molecule has 1 saturated carbocycles. The Balaban J connectivity index is 2.25. The molecule has 0 aromatic heterocycles. The Kier molecular flexibility index (Phi) is 4.66. The third kappa shape index (κ3) is 3.19. The van der Waals surface area contributed by atoms with Gasteiger partial charge in [-0.2, -0.15) is 0 Å². The first-order valence-electron chi connectivity index (χ1n) is 6.54. The summed E-state index contributed by atoms with van der Waals surface area (Å²) in [4.78, 5) is 14.2. The monoisotopic (exact) mass is 283 g/mol. The van der Waals surface area contributed by atoms with Crippen molar-refractivity contribution in [3.05, 3.63) is 28.8 Å². The van der Waals surface area contributed by atoms with Crippen LogP contribution in [0.5, 0.6) is 5.75 Å². The van der Waals surface area contributed by atoms with Crippen LogP contribution >= 0.6 is 11.6 Å². The van der Waals surface area contributed by atoms with Crippen LogP contribution in [0.3, 0.4) is 0 Å². The molecule has 0 radical (unpaired) electrons. The average Bonchev–Trinajstić information content (AvgIpc) is 2.92. The van der Waals surface area contributed by atoms with E-state index in [9.17, 15) is 9.90 Å². The Bertz CT molecular complexity index is 458. The second-order valence-corrected chi connectivity index (χ2v) is 5.23. The highest BCUT2D eigenvalue weighted by Gasteiger charge is 2.28. The minimum absolute atomic E-state index is 0.0168. The van der Waals surface area contributed by atoms with Gasteiger partial charge in [-0.05, 0) is 31.0 Å². The lowest BCUT2D eigenvalue weighted by molar-refractivity contribution is 0.0638. The van der Waals surface area contributed by atoms with Crippen LogP contribution in [0.1, 0.15) is 36.0 Å². The normalized spacial score (nSPS) is 15.7. The summed E-state index contributed by atoms with van der Waals surface area (Å²) in [6, 6.07) is 4.50. The molecule has 1 fully saturated rings. The Morgan fingerprint density at radius 1 is 1.37 bits per heavy atom. The van der Waals surface area contributed by atoms with Crippen LogP contribution in [0, 0.1) is 0 Å². The van der Waals surface area contributed by atoms with Gasteiger partial charge in [0.1, 0.15) is 5.75 Å². The average molecular weight is 284 g/mol. The molecule has 19 heavy (non-hydrogen) atoms. The molecule has 0 saturated heterocycles.